The van der Waals surface area contributed by atoms with Crippen molar-refractivity contribution in [1.29, 1.82) is 0 Å². The molecule has 0 spiro atoms. The molecule has 26 heavy (non-hydrogen) atoms. The Morgan fingerprint density at radius 2 is 1.62 bits per heavy atom. The van der Waals surface area contributed by atoms with Crippen LogP contribution in [-0.2, 0) is 0 Å². The number of rotatable bonds is 4. The van der Waals surface area contributed by atoms with Crippen LogP contribution in [0.15, 0.2) is 71.5 Å². The third-order valence-electron chi connectivity index (χ3n) is 3.49. The fraction of sp³-hybridized carbons (Fsp3) is 0. The normalized spacial score (nSPS) is 10.2. The second-order valence-corrected chi connectivity index (χ2v) is 6.26. The molecule has 0 aliphatic heterocycles. The molecule has 0 atom stereocenters. The Morgan fingerprint density at radius 3 is 2.38 bits per heavy atom. The van der Waals surface area contributed by atoms with Gasteiger partial charge >= 0.3 is 0 Å². The van der Waals surface area contributed by atoms with E-state index in [2.05, 4.69) is 31.5 Å². The van der Waals surface area contributed by atoms with E-state index in [1.165, 1.54) is 24.3 Å². The average molecular weight is 414 g/mol. The smallest absolute Gasteiger partial charge is 0.258 e. The molecular weight excluding hydrogens is 401 g/mol. The minimum Gasteiger partial charge on any atom is -0.322 e. The lowest BCUT2D eigenvalue weighted by Gasteiger charge is -2.09. The second kappa shape index (κ2) is 7.88. The van der Waals surface area contributed by atoms with Crippen molar-refractivity contribution in [2.24, 2.45) is 0 Å². The number of hydrogen-bond acceptors (Lipinski definition) is 3. The topological polar surface area (TPSA) is 71.1 Å². The van der Waals surface area contributed by atoms with Crippen LogP contribution in [0.2, 0.25) is 0 Å². The number of carbonyl (C=O) groups excluding carboxylic acids is 2. The van der Waals surface area contributed by atoms with Crippen LogP contribution in [0.5, 0.6) is 0 Å². The van der Waals surface area contributed by atoms with E-state index in [4.69, 9.17) is 0 Å². The van der Waals surface area contributed by atoms with E-state index in [1.807, 2.05) is 0 Å². The predicted octanol–water partition coefficient (Wildman–Crippen LogP) is 4.49. The summed E-state index contributed by atoms with van der Waals surface area (Å²) in [5.41, 5.74) is 1.26. The van der Waals surface area contributed by atoms with Gasteiger partial charge in [0.05, 0.1) is 5.56 Å². The highest BCUT2D eigenvalue weighted by Crippen LogP contribution is 2.18. The summed E-state index contributed by atoms with van der Waals surface area (Å²) in [5, 5.41) is 5.32. The number of nitrogens with zero attached hydrogens (tertiary/aromatic N) is 1. The number of nitrogens with one attached hydrogen (secondary N) is 2. The monoisotopic (exact) mass is 413 g/mol. The second-order valence-electron chi connectivity index (χ2n) is 5.35. The summed E-state index contributed by atoms with van der Waals surface area (Å²) in [6.07, 6.45) is 3.14. The van der Waals surface area contributed by atoms with E-state index in [1.54, 1.807) is 42.7 Å². The summed E-state index contributed by atoms with van der Waals surface area (Å²) < 4.78 is 14.4. The summed E-state index contributed by atoms with van der Waals surface area (Å²) in [6.45, 7) is 0. The van der Waals surface area contributed by atoms with Crippen LogP contribution in [0.25, 0.3) is 0 Å². The number of anilines is 2. The van der Waals surface area contributed by atoms with E-state index in [-0.39, 0.29) is 11.5 Å². The Labute approximate surface area is 157 Å². The summed E-state index contributed by atoms with van der Waals surface area (Å²) >= 11 is 3.21. The highest BCUT2D eigenvalue weighted by Gasteiger charge is 2.13. The van der Waals surface area contributed by atoms with Crippen LogP contribution >= 0.6 is 15.9 Å². The zero-order valence-corrected chi connectivity index (χ0v) is 15.0. The van der Waals surface area contributed by atoms with Gasteiger partial charge in [-0.1, -0.05) is 22.0 Å². The highest BCUT2D eigenvalue weighted by molar-refractivity contribution is 9.10. The van der Waals surface area contributed by atoms with Crippen LogP contribution in [0.3, 0.4) is 0 Å². The first kappa shape index (κ1) is 17.8. The number of pyridine rings is 1. The van der Waals surface area contributed by atoms with E-state index >= 15 is 0 Å². The molecule has 0 fully saturated rings. The molecule has 0 saturated heterocycles. The van der Waals surface area contributed by atoms with Crippen molar-refractivity contribution in [2.75, 3.05) is 10.6 Å². The molecule has 7 heteroatoms. The van der Waals surface area contributed by atoms with Crippen LogP contribution in [0, 0.1) is 5.82 Å². The maximum Gasteiger partial charge on any atom is 0.258 e. The van der Waals surface area contributed by atoms with Gasteiger partial charge in [0.2, 0.25) is 0 Å². The molecule has 2 amide bonds. The van der Waals surface area contributed by atoms with Gasteiger partial charge in [-0.05, 0) is 48.5 Å². The van der Waals surface area contributed by atoms with Crippen LogP contribution in [0.4, 0.5) is 15.8 Å². The lowest BCUT2D eigenvalue weighted by molar-refractivity contribution is 0.101. The molecular formula is C19H13BrFN3O2. The van der Waals surface area contributed by atoms with E-state index in [9.17, 15) is 14.0 Å². The van der Waals surface area contributed by atoms with Gasteiger partial charge in [-0.2, -0.15) is 0 Å². The van der Waals surface area contributed by atoms with Gasteiger partial charge in [0.1, 0.15) is 5.82 Å². The van der Waals surface area contributed by atoms with Crippen LogP contribution in [0.1, 0.15) is 20.7 Å². The number of hydrogen-bond donors (Lipinski definition) is 2. The standard InChI is InChI=1S/C19H13BrFN3O2/c20-13-4-5-17(21)16(11-13)19(26)24-15-3-1-2-12(10-15)18(25)23-14-6-8-22-9-7-14/h1-11H,(H,24,26)(H,22,23,25). The number of halogens is 2. The minimum absolute atomic E-state index is 0.0917. The highest BCUT2D eigenvalue weighted by atomic mass is 79.9. The fourth-order valence-corrected chi connectivity index (χ4v) is 2.61. The molecule has 0 radical (unpaired) electrons. The molecule has 3 rings (SSSR count). The molecule has 0 bridgehead atoms. The first-order chi connectivity index (χ1) is 12.5. The molecule has 2 aromatic carbocycles. The third kappa shape index (κ3) is 4.31. The summed E-state index contributed by atoms with van der Waals surface area (Å²) in [6, 6.07) is 13.8. The zero-order chi connectivity index (χ0) is 18.5. The van der Waals surface area contributed by atoms with Crippen LogP contribution < -0.4 is 10.6 Å². The first-order valence-corrected chi connectivity index (χ1v) is 8.40. The van der Waals surface area contributed by atoms with Crippen molar-refractivity contribution in [3.63, 3.8) is 0 Å². The SMILES string of the molecule is O=C(Nc1ccncc1)c1cccc(NC(=O)c2cc(Br)ccc2F)c1. The molecule has 5 nitrogen and oxygen atoms in total. The predicted molar refractivity (Wildman–Crippen MR) is 101 cm³/mol. The number of aromatic nitrogens is 1. The Hall–Kier alpha value is -3.06. The van der Waals surface area contributed by atoms with Gasteiger partial charge < -0.3 is 10.6 Å². The van der Waals surface area contributed by atoms with Crippen LogP contribution in [-0.4, -0.2) is 16.8 Å². The van der Waals surface area contributed by atoms with Crippen molar-refractivity contribution in [2.45, 2.75) is 0 Å². The lowest BCUT2D eigenvalue weighted by atomic mass is 10.1. The van der Waals surface area contributed by atoms with E-state index in [0.717, 1.165) is 0 Å². The van der Waals surface area contributed by atoms with Crippen molar-refractivity contribution in [1.82, 2.24) is 4.98 Å². The molecule has 0 aliphatic rings. The van der Waals surface area contributed by atoms with Gasteiger partial charge in [0, 0.05) is 33.8 Å². The number of benzene rings is 2. The Kier molecular flexibility index (Phi) is 5.38. The quantitative estimate of drug-likeness (QED) is 0.661. The minimum atomic E-state index is -0.628. The maximum atomic E-state index is 13.8. The number of amides is 2. The van der Waals surface area contributed by atoms with Gasteiger partial charge in [-0.15, -0.1) is 0 Å². The molecule has 1 heterocycles. The number of carbonyl (C=O) groups is 2. The molecule has 2 N–H and O–H groups in total. The average Bonchev–Trinajstić information content (AvgIpc) is 2.64. The molecule has 0 unspecified atom stereocenters. The Balaban J connectivity index is 1.76. The lowest BCUT2D eigenvalue weighted by Crippen LogP contribution is -2.15. The molecule has 3 aromatic rings. The van der Waals surface area contributed by atoms with Gasteiger partial charge in [0.25, 0.3) is 11.8 Å². The summed E-state index contributed by atoms with van der Waals surface area (Å²) in [5.74, 6) is -1.56. The van der Waals surface area contributed by atoms with E-state index < -0.39 is 11.7 Å². The van der Waals surface area contributed by atoms with Gasteiger partial charge in [-0.25, -0.2) is 4.39 Å². The first-order valence-electron chi connectivity index (χ1n) is 7.61. The summed E-state index contributed by atoms with van der Waals surface area (Å²) in [4.78, 5) is 28.5. The van der Waals surface area contributed by atoms with Crippen molar-refractivity contribution < 1.29 is 14.0 Å². The largest absolute Gasteiger partial charge is 0.322 e. The molecule has 130 valence electrons. The van der Waals surface area contributed by atoms with Gasteiger partial charge in [0.15, 0.2) is 0 Å². The zero-order valence-electron chi connectivity index (χ0n) is 13.4. The van der Waals surface area contributed by atoms with Crippen molar-refractivity contribution in [3.05, 3.63) is 88.4 Å². The maximum absolute atomic E-state index is 13.8. The van der Waals surface area contributed by atoms with Gasteiger partial charge in [-0.3, -0.25) is 14.6 Å². The van der Waals surface area contributed by atoms with Crippen molar-refractivity contribution >= 4 is 39.1 Å². The Bertz CT molecular complexity index is 964. The van der Waals surface area contributed by atoms with Crippen molar-refractivity contribution in [3.8, 4) is 0 Å². The molecule has 0 saturated carbocycles. The third-order valence-corrected chi connectivity index (χ3v) is 3.99. The molecule has 0 aliphatic carbocycles. The fourth-order valence-electron chi connectivity index (χ4n) is 2.25. The summed E-state index contributed by atoms with van der Waals surface area (Å²) in [7, 11) is 0. The van der Waals surface area contributed by atoms with E-state index in [0.29, 0.717) is 21.4 Å². The molecule has 1 aromatic heterocycles. The Morgan fingerprint density at radius 1 is 0.885 bits per heavy atom.